The number of rotatable bonds is 7. The average Bonchev–Trinajstić information content (AvgIpc) is 3.70. The summed E-state index contributed by atoms with van der Waals surface area (Å²) < 4.78 is 14.2. The molecule has 2 aromatic heterocycles. The third-order valence-electron chi connectivity index (χ3n) is 12.7. The zero-order valence-corrected chi connectivity index (χ0v) is 34.3. The molecule has 4 aromatic carbocycles. The van der Waals surface area contributed by atoms with Crippen LogP contribution < -0.4 is 26.4 Å². The van der Waals surface area contributed by atoms with Gasteiger partial charge in [0.05, 0.1) is 23.1 Å². The molecule has 0 fully saturated rings. The van der Waals surface area contributed by atoms with Crippen LogP contribution in [0.3, 0.4) is 0 Å². The Kier molecular flexibility index (Phi) is 8.17. The van der Waals surface area contributed by atoms with Gasteiger partial charge in [0.1, 0.15) is 11.2 Å². The lowest BCUT2D eigenvalue weighted by molar-refractivity contribution is 0.332. The SMILES string of the molecule is C=CC(C/C=C/CC)N1c2cc(C)cc3c2B(c2ccc4c(oc5ccccc54)c2N3/C=C/CC(C)(C)C)c2oc3cc4c(cc3c21)C(C)(C)CCC4(C)C. The fourth-order valence-electron chi connectivity index (χ4n) is 9.72. The molecular formula is C50H55BN2O2. The normalized spacial score (nSPS) is 17.7. The van der Waals surface area contributed by atoms with Crippen LogP contribution in [0.5, 0.6) is 0 Å². The summed E-state index contributed by atoms with van der Waals surface area (Å²) in [7, 11) is 0. The van der Waals surface area contributed by atoms with Gasteiger partial charge in [-0.15, -0.1) is 6.58 Å². The molecule has 0 radical (unpaired) electrons. The first-order chi connectivity index (χ1) is 26.2. The number of para-hydroxylation sites is 1. The number of benzene rings is 4. The van der Waals surface area contributed by atoms with Gasteiger partial charge in [0.15, 0.2) is 5.58 Å². The molecule has 5 heteroatoms. The highest BCUT2D eigenvalue weighted by Gasteiger charge is 2.48. The van der Waals surface area contributed by atoms with Gasteiger partial charge in [0, 0.05) is 33.7 Å². The summed E-state index contributed by atoms with van der Waals surface area (Å²) in [6.45, 7) is 25.3. The number of allylic oxidation sites excluding steroid dienone is 2. The van der Waals surface area contributed by atoms with Crippen molar-refractivity contribution in [3.8, 4) is 0 Å². The molecule has 4 heterocycles. The lowest BCUT2D eigenvalue weighted by atomic mass is 9.35. The van der Waals surface area contributed by atoms with Crippen LogP contribution in [0.25, 0.3) is 32.9 Å². The Labute approximate surface area is 327 Å². The Morgan fingerprint density at radius 2 is 1.55 bits per heavy atom. The number of anilines is 4. The molecule has 9 rings (SSSR count). The van der Waals surface area contributed by atoms with Crippen LogP contribution >= 0.6 is 0 Å². The largest absolute Gasteiger partial charge is 0.468 e. The summed E-state index contributed by atoms with van der Waals surface area (Å²) in [5.74, 6) is 0. The van der Waals surface area contributed by atoms with Crippen molar-refractivity contribution < 1.29 is 8.83 Å². The van der Waals surface area contributed by atoms with Crippen LogP contribution in [-0.2, 0) is 10.8 Å². The zero-order valence-electron chi connectivity index (χ0n) is 34.3. The van der Waals surface area contributed by atoms with E-state index >= 15 is 0 Å². The summed E-state index contributed by atoms with van der Waals surface area (Å²) in [6.07, 6.45) is 16.5. The van der Waals surface area contributed by atoms with Crippen molar-refractivity contribution in [2.45, 2.75) is 111 Å². The van der Waals surface area contributed by atoms with Gasteiger partial charge in [0.25, 0.3) is 6.71 Å². The highest BCUT2D eigenvalue weighted by atomic mass is 16.3. The van der Waals surface area contributed by atoms with Crippen LogP contribution in [0, 0.1) is 12.3 Å². The molecule has 1 aliphatic carbocycles. The number of hydrogen-bond acceptors (Lipinski definition) is 4. The second-order valence-electron chi connectivity index (χ2n) is 18.9. The minimum absolute atomic E-state index is 0.0267. The van der Waals surface area contributed by atoms with E-state index in [0.717, 1.165) is 71.0 Å². The Morgan fingerprint density at radius 3 is 2.27 bits per heavy atom. The Balaban J connectivity index is 1.40. The van der Waals surface area contributed by atoms with Gasteiger partial charge in [-0.2, -0.15) is 0 Å². The summed E-state index contributed by atoms with van der Waals surface area (Å²) in [4.78, 5) is 5.00. The molecule has 6 aromatic rings. The van der Waals surface area contributed by atoms with Crippen molar-refractivity contribution in [1.29, 1.82) is 0 Å². The molecule has 55 heavy (non-hydrogen) atoms. The Bertz CT molecular complexity index is 2590. The van der Waals surface area contributed by atoms with Crippen molar-refractivity contribution in [2.24, 2.45) is 5.41 Å². The molecular weight excluding hydrogens is 671 g/mol. The van der Waals surface area contributed by atoms with Gasteiger partial charge in [0.2, 0.25) is 0 Å². The molecule has 2 aliphatic heterocycles. The lowest BCUT2D eigenvalue weighted by Crippen LogP contribution is -2.62. The van der Waals surface area contributed by atoms with Gasteiger partial charge in [-0.1, -0.05) is 110 Å². The molecule has 1 atom stereocenters. The number of hydrogen-bond donors (Lipinski definition) is 0. The topological polar surface area (TPSA) is 32.8 Å². The summed E-state index contributed by atoms with van der Waals surface area (Å²) in [5.41, 5.74) is 15.3. The second-order valence-corrected chi connectivity index (χ2v) is 18.9. The third kappa shape index (κ3) is 5.55. The van der Waals surface area contributed by atoms with E-state index in [1.54, 1.807) is 0 Å². The highest BCUT2D eigenvalue weighted by molar-refractivity contribution is 7.00. The standard InChI is InChI=1S/C50H55BN2O2/c1-11-13-14-18-32(12-2)53-40-28-31(3)27-39-43(40)51(47-44(53)35-29-36-37(30-42(35)55-47)50(9,10)25-24-49(36,7)8)38-22-21-34-33-19-15-16-20-41(33)54-46(34)45(38)52(39)26-17-23-48(4,5)6/h12-17,19-22,26-30,32H,2,11,18,23-25H2,1,3-10H3/b14-13+,26-17+. The van der Waals surface area contributed by atoms with E-state index in [1.165, 1.54) is 50.1 Å². The first kappa shape index (κ1) is 35.8. The molecule has 0 amide bonds. The minimum atomic E-state index is -0.126. The van der Waals surface area contributed by atoms with Crippen LogP contribution in [0.15, 0.2) is 107 Å². The molecule has 0 N–H and O–H groups in total. The van der Waals surface area contributed by atoms with Crippen LogP contribution in [0.2, 0.25) is 0 Å². The van der Waals surface area contributed by atoms with Gasteiger partial charge >= 0.3 is 0 Å². The summed E-state index contributed by atoms with van der Waals surface area (Å²) in [5, 5.41) is 3.46. The molecule has 0 bridgehead atoms. The van der Waals surface area contributed by atoms with Crippen LogP contribution in [0.4, 0.5) is 22.7 Å². The third-order valence-corrected chi connectivity index (χ3v) is 12.7. The predicted molar refractivity (Wildman–Crippen MR) is 237 cm³/mol. The second kappa shape index (κ2) is 12.6. The maximum Gasteiger partial charge on any atom is 0.297 e. The quantitative estimate of drug-likeness (QED) is 0.121. The van der Waals surface area contributed by atoms with E-state index in [1.807, 2.05) is 0 Å². The van der Waals surface area contributed by atoms with Gasteiger partial charge in [-0.05, 0) is 113 Å². The van der Waals surface area contributed by atoms with E-state index < -0.39 is 0 Å². The van der Waals surface area contributed by atoms with Crippen molar-refractivity contribution in [2.75, 3.05) is 9.80 Å². The van der Waals surface area contributed by atoms with Gasteiger partial charge in [-0.25, -0.2) is 0 Å². The van der Waals surface area contributed by atoms with Gasteiger partial charge in [-0.3, -0.25) is 0 Å². The fraction of sp³-hybridized carbons (Fsp3) is 0.360. The highest BCUT2D eigenvalue weighted by Crippen LogP contribution is 2.51. The van der Waals surface area contributed by atoms with Crippen molar-refractivity contribution in [3.63, 3.8) is 0 Å². The first-order valence-electron chi connectivity index (χ1n) is 20.4. The lowest BCUT2D eigenvalue weighted by Gasteiger charge is -2.44. The van der Waals surface area contributed by atoms with E-state index in [-0.39, 0.29) is 29.0 Å². The fourth-order valence-corrected chi connectivity index (χ4v) is 9.72. The van der Waals surface area contributed by atoms with E-state index in [2.05, 4.69) is 170 Å². The number of aryl methyl sites for hydroxylation is 1. The zero-order chi connectivity index (χ0) is 38.6. The first-order valence-corrected chi connectivity index (χ1v) is 20.4. The van der Waals surface area contributed by atoms with Gasteiger partial charge < -0.3 is 18.6 Å². The number of furan rings is 2. The van der Waals surface area contributed by atoms with Crippen molar-refractivity contribution >= 4 is 79.0 Å². The molecule has 0 saturated carbocycles. The van der Waals surface area contributed by atoms with E-state index in [0.29, 0.717) is 0 Å². The molecule has 3 aliphatic rings. The van der Waals surface area contributed by atoms with E-state index in [9.17, 15) is 0 Å². The maximum atomic E-state index is 7.38. The maximum absolute atomic E-state index is 7.38. The molecule has 0 saturated heterocycles. The molecule has 280 valence electrons. The Hall–Kier alpha value is -4.90. The monoisotopic (exact) mass is 726 g/mol. The molecule has 1 unspecified atom stereocenters. The smallest absolute Gasteiger partial charge is 0.297 e. The van der Waals surface area contributed by atoms with E-state index in [4.69, 9.17) is 8.83 Å². The molecule has 4 nitrogen and oxygen atoms in total. The van der Waals surface area contributed by atoms with Crippen molar-refractivity contribution in [3.05, 3.63) is 114 Å². The Morgan fingerprint density at radius 1 is 0.818 bits per heavy atom. The number of nitrogens with zero attached hydrogens (tertiary/aromatic N) is 2. The number of fused-ring (bicyclic) bond motifs is 11. The van der Waals surface area contributed by atoms with Crippen LogP contribution in [0.1, 0.15) is 104 Å². The van der Waals surface area contributed by atoms with Crippen molar-refractivity contribution in [1.82, 2.24) is 0 Å². The molecule has 0 spiro atoms. The summed E-state index contributed by atoms with van der Waals surface area (Å²) >= 11 is 0. The predicted octanol–water partition coefficient (Wildman–Crippen LogP) is 12.3. The minimum Gasteiger partial charge on any atom is -0.468 e. The average molecular weight is 727 g/mol. The van der Waals surface area contributed by atoms with Crippen LogP contribution in [-0.4, -0.2) is 12.8 Å². The summed E-state index contributed by atoms with van der Waals surface area (Å²) in [6, 6.07) is 22.7.